The Labute approximate surface area is 138 Å². The molecular formula is C17H19N5O2. The quantitative estimate of drug-likeness (QED) is 0.713. The highest BCUT2D eigenvalue weighted by atomic mass is 16.1. The molecule has 2 aromatic heterocycles. The zero-order valence-corrected chi connectivity index (χ0v) is 13.4. The van der Waals surface area contributed by atoms with Gasteiger partial charge in [-0.05, 0) is 18.9 Å². The standard InChI is InChI=1S/C17H19N5O2/c1-12(9-13-5-3-2-4-6-13)21-14(23)7-8-22-11-20-15-16(22)18-10-19-17(15)24/h2-6,10-12H,7-9H2,1H3,(H,21,23)(H,18,19,24). The van der Waals surface area contributed by atoms with Crippen LogP contribution in [0.25, 0.3) is 11.2 Å². The lowest BCUT2D eigenvalue weighted by atomic mass is 10.1. The van der Waals surface area contributed by atoms with Crippen molar-refractivity contribution in [3.8, 4) is 0 Å². The fourth-order valence-electron chi connectivity index (χ4n) is 2.64. The number of fused-ring (bicyclic) bond motifs is 1. The minimum atomic E-state index is -0.278. The van der Waals surface area contributed by atoms with Gasteiger partial charge in [0.1, 0.15) is 0 Å². The van der Waals surface area contributed by atoms with Crippen LogP contribution in [0.4, 0.5) is 0 Å². The van der Waals surface area contributed by atoms with Crippen LogP contribution in [0, 0.1) is 0 Å². The lowest BCUT2D eigenvalue weighted by Crippen LogP contribution is -2.34. The van der Waals surface area contributed by atoms with E-state index in [1.165, 1.54) is 18.2 Å². The first-order chi connectivity index (χ1) is 11.6. The van der Waals surface area contributed by atoms with Gasteiger partial charge in [0.05, 0.1) is 12.7 Å². The van der Waals surface area contributed by atoms with Crippen LogP contribution in [0.1, 0.15) is 18.9 Å². The highest BCUT2D eigenvalue weighted by molar-refractivity contribution is 5.76. The SMILES string of the molecule is CC(Cc1ccccc1)NC(=O)CCn1cnc2c(=O)[nH]cnc21. The van der Waals surface area contributed by atoms with Crippen LogP contribution in [0.2, 0.25) is 0 Å². The van der Waals surface area contributed by atoms with Crippen molar-refractivity contribution < 1.29 is 4.79 Å². The molecule has 1 atom stereocenters. The molecule has 24 heavy (non-hydrogen) atoms. The molecular weight excluding hydrogens is 306 g/mol. The monoisotopic (exact) mass is 325 g/mol. The second-order valence-corrected chi connectivity index (χ2v) is 5.75. The lowest BCUT2D eigenvalue weighted by molar-refractivity contribution is -0.121. The molecule has 0 bridgehead atoms. The molecule has 0 radical (unpaired) electrons. The third-order valence-corrected chi connectivity index (χ3v) is 3.78. The second-order valence-electron chi connectivity index (χ2n) is 5.75. The molecule has 0 spiro atoms. The van der Waals surface area contributed by atoms with Gasteiger partial charge in [0, 0.05) is 19.0 Å². The number of aryl methyl sites for hydroxylation is 1. The predicted molar refractivity (Wildman–Crippen MR) is 90.5 cm³/mol. The van der Waals surface area contributed by atoms with Gasteiger partial charge in [0.15, 0.2) is 11.2 Å². The molecule has 124 valence electrons. The highest BCUT2D eigenvalue weighted by Gasteiger charge is 2.11. The summed E-state index contributed by atoms with van der Waals surface area (Å²) in [5, 5.41) is 2.99. The largest absolute Gasteiger partial charge is 0.353 e. The van der Waals surface area contributed by atoms with E-state index in [1.54, 1.807) is 4.57 Å². The van der Waals surface area contributed by atoms with Gasteiger partial charge >= 0.3 is 0 Å². The molecule has 3 rings (SSSR count). The van der Waals surface area contributed by atoms with E-state index in [2.05, 4.69) is 20.3 Å². The van der Waals surface area contributed by atoms with Crippen LogP contribution in [-0.4, -0.2) is 31.5 Å². The van der Waals surface area contributed by atoms with Crippen molar-refractivity contribution in [3.05, 3.63) is 58.9 Å². The summed E-state index contributed by atoms with van der Waals surface area (Å²) >= 11 is 0. The fraction of sp³-hybridized carbons (Fsp3) is 0.294. The molecule has 0 saturated carbocycles. The molecule has 0 fully saturated rings. The maximum Gasteiger partial charge on any atom is 0.278 e. The highest BCUT2D eigenvalue weighted by Crippen LogP contribution is 2.06. The Bertz CT molecular complexity index is 885. The fourth-order valence-corrected chi connectivity index (χ4v) is 2.64. The lowest BCUT2D eigenvalue weighted by Gasteiger charge is -2.14. The summed E-state index contributed by atoms with van der Waals surface area (Å²) in [5.41, 5.74) is 1.69. The molecule has 1 amide bonds. The number of nitrogens with zero attached hydrogens (tertiary/aromatic N) is 3. The molecule has 7 heteroatoms. The number of benzene rings is 1. The number of imidazole rings is 1. The van der Waals surface area contributed by atoms with Crippen LogP contribution in [-0.2, 0) is 17.8 Å². The van der Waals surface area contributed by atoms with Crippen LogP contribution < -0.4 is 10.9 Å². The summed E-state index contributed by atoms with van der Waals surface area (Å²) < 4.78 is 1.71. The first-order valence-electron chi connectivity index (χ1n) is 7.85. The molecule has 2 N–H and O–H groups in total. The summed E-state index contributed by atoms with van der Waals surface area (Å²) in [7, 11) is 0. The van der Waals surface area contributed by atoms with E-state index in [1.807, 2.05) is 37.3 Å². The molecule has 2 heterocycles. The molecule has 3 aromatic rings. The molecule has 0 saturated heterocycles. The van der Waals surface area contributed by atoms with Gasteiger partial charge in [-0.25, -0.2) is 9.97 Å². The Kier molecular flexibility index (Phi) is 4.69. The Morgan fingerprint density at radius 3 is 2.88 bits per heavy atom. The van der Waals surface area contributed by atoms with E-state index in [9.17, 15) is 9.59 Å². The zero-order chi connectivity index (χ0) is 16.9. The third kappa shape index (κ3) is 3.68. The predicted octanol–water partition coefficient (Wildman–Crippen LogP) is 1.26. The van der Waals surface area contributed by atoms with Crippen molar-refractivity contribution in [2.45, 2.75) is 32.4 Å². The molecule has 1 aromatic carbocycles. The summed E-state index contributed by atoms with van der Waals surface area (Å²) in [6, 6.07) is 10.1. The van der Waals surface area contributed by atoms with Crippen molar-refractivity contribution in [1.29, 1.82) is 0 Å². The van der Waals surface area contributed by atoms with Gasteiger partial charge in [-0.2, -0.15) is 0 Å². The third-order valence-electron chi connectivity index (χ3n) is 3.78. The van der Waals surface area contributed by atoms with Crippen molar-refractivity contribution in [1.82, 2.24) is 24.8 Å². The van der Waals surface area contributed by atoms with Crippen molar-refractivity contribution in [3.63, 3.8) is 0 Å². The number of amides is 1. The average Bonchev–Trinajstić information content (AvgIpc) is 2.98. The number of hydrogen-bond acceptors (Lipinski definition) is 4. The van der Waals surface area contributed by atoms with Gasteiger partial charge in [-0.15, -0.1) is 0 Å². The molecule has 0 aliphatic heterocycles. The minimum Gasteiger partial charge on any atom is -0.353 e. The van der Waals surface area contributed by atoms with Crippen LogP contribution in [0.5, 0.6) is 0 Å². The van der Waals surface area contributed by atoms with Gasteiger partial charge in [0.25, 0.3) is 5.56 Å². The van der Waals surface area contributed by atoms with Gasteiger partial charge in [0.2, 0.25) is 5.91 Å². The van der Waals surface area contributed by atoms with Crippen molar-refractivity contribution in [2.24, 2.45) is 0 Å². The first-order valence-corrected chi connectivity index (χ1v) is 7.85. The maximum absolute atomic E-state index is 12.1. The smallest absolute Gasteiger partial charge is 0.278 e. The summed E-state index contributed by atoms with van der Waals surface area (Å²) in [6.45, 7) is 2.41. The van der Waals surface area contributed by atoms with Gasteiger partial charge in [-0.1, -0.05) is 30.3 Å². The summed E-state index contributed by atoms with van der Waals surface area (Å²) in [6.07, 6.45) is 3.97. The maximum atomic E-state index is 12.1. The molecule has 0 aliphatic carbocycles. The number of H-pyrrole nitrogens is 1. The van der Waals surface area contributed by atoms with E-state index in [-0.39, 0.29) is 23.0 Å². The second kappa shape index (κ2) is 7.08. The molecule has 1 unspecified atom stereocenters. The number of nitrogens with one attached hydrogen (secondary N) is 2. The number of aromatic nitrogens is 4. The Hall–Kier alpha value is -2.96. The van der Waals surface area contributed by atoms with E-state index in [4.69, 9.17) is 0 Å². The van der Waals surface area contributed by atoms with Crippen molar-refractivity contribution >= 4 is 17.1 Å². The van der Waals surface area contributed by atoms with Crippen LogP contribution in [0.15, 0.2) is 47.8 Å². The minimum absolute atomic E-state index is 0.0369. The van der Waals surface area contributed by atoms with Crippen LogP contribution in [0.3, 0.4) is 0 Å². The number of rotatable bonds is 6. The zero-order valence-electron chi connectivity index (χ0n) is 13.4. The van der Waals surface area contributed by atoms with Crippen LogP contribution >= 0.6 is 0 Å². The van der Waals surface area contributed by atoms with Gasteiger partial charge in [-0.3, -0.25) is 9.59 Å². The Morgan fingerprint density at radius 1 is 1.29 bits per heavy atom. The topological polar surface area (TPSA) is 92.7 Å². The van der Waals surface area contributed by atoms with Crippen molar-refractivity contribution in [2.75, 3.05) is 0 Å². The molecule has 0 aliphatic rings. The molecule has 7 nitrogen and oxygen atoms in total. The number of carbonyl (C=O) groups is 1. The summed E-state index contributed by atoms with van der Waals surface area (Å²) in [5.74, 6) is -0.0369. The number of aromatic amines is 1. The Balaban J connectivity index is 1.55. The average molecular weight is 325 g/mol. The van der Waals surface area contributed by atoms with E-state index in [0.717, 1.165) is 6.42 Å². The number of carbonyl (C=O) groups excluding carboxylic acids is 1. The van der Waals surface area contributed by atoms with E-state index < -0.39 is 0 Å². The van der Waals surface area contributed by atoms with E-state index >= 15 is 0 Å². The van der Waals surface area contributed by atoms with Gasteiger partial charge < -0.3 is 14.9 Å². The van der Waals surface area contributed by atoms with E-state index in [0.29, 0.717) is 18.6 Å². The number of hydrogen-bond donors (Lipinski definition) is 2. The Morgan fingerprint density at radius 2 is 2.08 bits per heavy atom. The first kappa shape index (κ1) is 15.9. The summed E-state index contributed by atoms with van der Waals surface area (Å²) in [4.78, 5) is 34.3. The normalized spacial score (nSPS) is 12.2.